The second-order valence-corrected chi connectivity index (χ2v) is 6.62. The molecule has 0 radical (unpaired) electrons. The van der Waals surface area contributed by atoms with Crippen LogP contribution in [0.4, 0.5) is 11.4 Å². The quantitative estimate of drug-likeness (QED) is 0.549. The summed E-state index contributed by atoms with van der Waals surface area (Å²) in [6, 6.07) is 16.7. The van der Waals surface area contributed by atoms with Gasteiger partial charge >= 0.3 is 0 Å². The fourth-order valence-corrected chi connectivity index (χ4v) is 3.04. The van der Waals surface area contributed by atoms with Crippen molar-refractivity contribution < 1.29 is 28.5 Å². The molecule has 0 spiro atoms. The zero-order chi connectivity index (χ0) is 23.1. The lowest BCUT2D eigenvalue weighted by molar-refractivity contribution is 0.101. The van der Waals surface area contributed by atoms with E-state index in [1.165, 1.54) is 28.4 Å². The van der Waals surface area contributed by atoms with Crippen LogP contribution in [0, 0.1) is 0 Å². The third-order valence-electron chi connectivity index (χ3n) is 4.68. The monoisotopic (exact) mass is 436 g/mol. The number of benzene rings is 3. The first-order chi connectivity index (χ1) is 15.5. The van der Waals surface area contributed by atoms with Crippen molar-refractivity contribution in [1.29, 1.82) is 0 Å². The standard InChI is InChI=1S/C24H24N2O6/c1-29-17-8-10-19(21(13-17)31-3)23(27)25-15-6-5-7-16(12-15)26-24(28)20-11-9-18(30-2)14-22(20)32-4/h5-14H,1-4H3,(H,25,27)(H,26,28). The summed E-state index contributed by atoms with van der Waals surface area (Å²) >= 11 is 0. The minimum atomic E-state index is -0.357. The maximum absolute atomic E-state index is 12.7. The van der Waals surface area contributed by atoms with E-state index in [9.17, 15) is 9.59 Å². The van der Waals surface area contributed by atoms with Crippen molar-refractivity contribution in [1.82, 2.24) is 0 Å². The highest BCUT2D eigenvalue weighted by molar-refractivity contribution is 6.08. The molecule has 0 aliphatic heterocycles. The van der Waals surface area contributed by atoms with Crippen LogP contribution >= 0.6 is 0 Å². The molecule has 2 N–H and O–H groups in total. The van der Waals surface area contributed by atoms with Crippen LogP contribution in [-0.2, 0) is 0 Å². The molecule has 0 aliphatic rings. The summed E-state index contributed by atoms with van der Waals surface area (Å²) in [7, 11) is 6.04. The lowest BCUT2D eigenvalue weighted by Crippen LogP contribution is -2.15. The van der Waals surface area contributed by atoms with E-state index in [-0.39, 0.29) is 11.8 Å². The summed E-state index contributed by atoms with van der Waals surface area (Å²) < 4.78 is 20.9. The van der Waals surface area contributed by atoms with Gasteiger partial charge in [0.15, 0.2) is 0 Å². The molecule has 8 heteroatoms. The summed E-state index contributed by atoms with van der Waals surface area (Å²) in [5.41, 5.74) is 1.72. The van der Waals surface area contributed by atoms with Crippen molar-refractivity contribution in [2.75, 3.05) is 39.1 Å². The summed E-state index contributed by atoms with van der Waals surface area (Å²) in [5, 5.41) is 5.62. The van der Waals surface area contributed by atoms with Crippen LogP contribution in [0.25, 0.3) is 0 Å². The number of carbonyl (C=O) groups is 2. The number of ether oxygens (including phenoxy) is 4. The number of rotatable bonds is 8. The Balaban J connectivity index is 1.76. The molecule has 0 saturated carbocycles. The highest BCUT2D eigenvalue weighted by atomic mass is 16.5. The van der Waals surface area contributed by atoms with Gasteiger partial charge in [-0.3, -0.25) is 9.59 Å². The van der Waals surface area contributed by atoms with Crippen molar-refractivity contribution in [2.45, 2.75) is 0 Å². The number of methoxy groups -OCH3 is 4. The predicted molar refractivity (Wildman–Crippen MR) is 121 cm³/mol. The number of anilines is 2. The molecular weight excluding hydrogens is 412 g/mol. The van der Waals surface area contributed by atoms with Gasteiger partial charge in [0.25, 0.3) is 11.8 Å². The third kappa shape index (κ3) is 5.10. The normalized spacial score (nSPS) is 10.1. The van der Waals surface area contributed by atoms with E-state index in [1.54, 1.807) is 60.7 Å². The van der Waals surface area contributed by atoms with E-state index >= 15 is 0 Å². The minimum Gasteiger partial charge on any atom is -0.497 e. The smallest absolute Gasteiger partial charge is 0.259 e. The van der Waals surface area contributed by atoms with Crippen LogP contribution in [0.1, 0.15) is 20.7 Å². The molecule has 166 valence electrons. The van der Waals surface area contributed by atoms with Gasteiger partial charge in [-0.05, 0) is 42.5 Å². The minimum absolute atomic E-state index is 0.353. The molecule has 0 atom stereocenters. The van der Waals surface area contributed by atoms with Gasteiger partial charge in [-0.25, -0.2) is 0 Å². The lowest BCUT2D eigenvalue weighted by Gasteiger charge is -2.13. The summed E-state index contributed by atoms with van der Waals surface area (Å²) in [5.74, 6) is 1.22. The van der Waals surface area contributed by atoms with Gasteiger partial charge in [0.05, 0.1) is 39.6 Å². The summed E-state index contributed by atoms with van der Waals surface area (Å²) in [6.45, 7) is 0. The van der Waals surface area contributed by atoms with E-state index in [1.807, 2.05) is 0 Å². The fraction of sp³-hybridized carbons (Fsp3) is 0.167. The Morgan fingerprint density at radius 2 is 1.03 bits per heavy atom. The maximum Gasteiger partial charge on any atom is 0.259 e. The largest absolute Gasteiger partial charge is 0.497 e. The van der Waals surface area contributed by atoms with E-state index in [4.69, 9.17) is 18.9 Å². The summed E-state index contributed by atoms with van der Waals surface area (Å²) in [4.78, 5) is 25.5. The Hall–Kier alpha value is -4.20. The topological polar surface area (TPSA) is 95.1 Å². The average Bonchev–Trinajstić information content (AvgIpc) is 2.83. The van der Waals surface area contributed by atoms with E-state index in [0.717, 1.165) is 0 Å². The van der Waals surface area contributed by atoms with E-state index in [2.05, 4.69) is 10.6 Å². The Bertz CT molecular complexity index is 1040. The number of amides is 2. The molecule has 0 fully saturated rings. The van der Waals surface area contributed by atoms with Crippen LogP contribution in [0.5, 0.6) is 23.0 Å². The Labute approximate surface area is 186 Å². The molecule has 0 bridgehead atoms. The zero-order valence-corrected chi connectivity index (χ0v) is 18.2. The van der Waals surface area contributed by atoms with Crippen molar-refractivity contribution in [3.05, 3.63) is 71.8 Å². The number of hydrogen-bond donors (Lipinski definition) is 2. The molecule has 0 unspecified atom stereocenters. The molecule has 3 aromatic rings. The molecular formula is C24H24N2O6. The number of carbonyl (C=O) groups excluding carboxylic acids is 2. The molecule has 0 aliphatic carbocycles. The second-order valence-electron chi connectivity index (χ2n) is 6.62. The van der Waals surface area contributed by atoms with Crippen LogP contribution in [0.2, 0.25) is 0 Å². The molecule has 3 rings (SSSR count). The van der Waals surface area contributed by atoms with Crippen molar-refractivity contribution in [2.24, 2.45) is 0 Å². The first-order valence-electron chi connectivity index (χ1n) is 9.66. The van der Waals surface area contributed by atoms with E-state index < -0.39 is 0 Å². The maximum atomic E-state index is 12.7. The first kappa shape index (κ1) is 22.5. The molecule has 0 heterocycles. The van der Waals surface area contributed by atoms with E-state index in [0.29, 0.717) is 45.5 Å². The average molecular weight is 436 g/mol. The molecule has 8 nitrogen and oxygen atoms in total. The predicted octanol–water partition coefficient (Wildman–Crippen LogP) is 4.23. The third-order valence-corrected chi connectivity index (χ3v) is 4.68. The Kier molecular flexibility index (Phi) is 7.17. The Morgan fingerprint density at radius 3 is 1.41 bits per heavy atom. The van der Waals surface area contributed by atoms with Gasteiger partial charge in [0.2, 0.25) is 0 Å². The Morgan fingerprint density at radius 1 is 0.594 bits per heavy atom. The first-order valence-corrected chi connectivity index (χ1v) is 9.66. The van der Waals surface area contributed by atoms with Gasteiger partial charge in [0, 0.05) is 23.5 Å². The SMILES string of the molecule is COc1ccc(C(=O)Nc2cccc(NC(=O)c3ccc(OC)cc3OC)c2)c(OC)c1. The van der Waals surface area contributed by atoms with Gasteiger partial charge in [-0.15, -0.1) is 0 Å². The number of hydrogen-bond acceptors (Lipinski definition) is 6. The lowest BCUT2D eigenvalue weighted by atomic mass is 10.1. The van der Waals surface area contributed by atoms with Gasteiger partial charge in [-0.1, -0.05) is 6.07 Å². The zero-order valence-electron chi connectivity index (χ0n) is 18.2. The molecule has 32 heavy (non-hydrogen) atoms. The molecule has 2 amide bonds. The summed E-state index contributed by atoms with van der Waals surface area (Å²) in [6.07, 6.45) is 0. The van der Waals surface area contributed by atoms with Crippen LogP contribution in [-0.4, -0.2) is 40.3 Å². The van der Waals surface area contributed by atoms with Crippen molar-refractivity contribution >= 4 is 23.2 Å². The highest BCUT2D eigenvalue weighted by Crippen LogP contribution is 2.27. The van der Waals surface area contributed by atoms with Crippen molar-refractivity contribution in [3.63, 3.8) is 0 Å². The highest BCUT2D eigenvalue weighted by Gasteiger charge is 2.16. The molecule has 0 saturated heterocycles. The number of nitrogens with one attached hydrogen (secondary N) is 2. The second kappa shape index (κ2) is 10.2. The van der Waals surface area contributed by atoms with Gasteiger partial charge in [-0.2, -0.15) is 0 Å². The van der Waals surface area contributed by atoms with Gasteiger partial charge < -0.3 is 29.6 Å². The fourth-order valence-electron chi connectivity index (χ4n) is 3.04. The van der Waals surface area contributed by atoms with Crippen molar-refractivity contribution in [3.8, 4) is 23.0 Å². The van der Waals surface area contributed by atoms with Gasteiger partial charge in [0.1, 0.15) is 23.0 Å². The van der Waals surface area contributed by atoms with Crippen LogP contribution < -0.4 is 29.6 Å². The van der Waals surface area contributed by atoms with Crippen LogP contribution in [0.15, 0.2) is 60.7 Å². The molecule has 0 aromatic heterocycles. The van der Waals surface area contributed by atoms with Crippen LogP contribution in [0.3, 0.4) is 0 Å². The molecule has 3 aromatic carbocycles.